The van der Waals surface area contributed by atoms with Crippen LogP contribution in [0.4, 0.5) is 15.9 Å². The molecule has 1 aliphatic rings. The van der Waals surface area contributed by atoms with Crippen molar-refractivity contribution in [1.29, 1.82) is 0 Å². The van der Waals surface area contributed by atoms with Crippen molar-refractivity contribution >= 4 is 27.4 Å². The average Bonchev–Trinajstić information content (AvgIpc) is 3.19. The van der Waals surface area contributed by atoms with Gasteiger partial charge in [-0.15, -0.1) is 0 Å². The van der Waals surface area contributed by atoms with Gasteiger partial charge in [0.2, 0.25) is 10.0 Å². The molecule has 10 nitrogen and oxygen atoms in total. The highest BCUT2D eigenvalue weighted by Gasteiger charge is 2.29. The van der Waals surface area contributed by atoms with E-state index in [1.807, 2.05) is 0 Å². The summed E-state index contributed by atoms with van der Waals surface area (Å²) in [6.07, 6.45) is 2.32. The minimum atomic E-state index is -4.07. The minimum Gasteiger partial charge on any atom is -0.306 e. The van der Waals surface area contributed by atoms with Crippen LogP contribution < -0.4 is 5.32 Å². The number of amides is 1. The smallest absolute Gasteiger partial charge is 0.269 e. The Bertz CT molecular complexity index is 1350. The number of carbonyl (C=O) groups is 1. The van der Waals surface area contributed by atoms with Gasteiger partial charge in [0.1, 0.15) is 16.5 Å². The van der Waals surface area contributed by atoms with Crippen LogP contribution in [-0.2, 0) is 10.0 Å². The Balaban J connectivity index is 1.62. The van der Waals surface area contributed by atoms with E-state index in [-0.39, 0.29) is 17.1 Å². The first-order valence-corrected chi connectivity index (χ1v) is 12.0. The number of aromatic nitrogens is 2. The Kier molecular flexibility index (Phi) is 6.44. The number of hydrogen-bond donors (Lipinski definition) is 1. The summed E-state index contributed by atoms with van der Waals surface area (Å²) in [7, 11) is -4.07. The van der Waals surface area contributed by atoms with Crippen LogP contribution in [0.15, 0.2) is 53.4 Å². The molecule has 0 bridgehead atoms. The van der Waals surface area contributed by atoms with Crippen molar-refractivity contribution in [2.75, 3.05) is 18.4 Å². The van der Waals surface area contributed by atoms with Gasteiger partial charge in [-0.1, -0.05) is 6.42 Å². The molecule has 1 aliphatic heterocycles. The number of benzene rings is 2. The first-order valence-electron chi connectivity index (χ1n) is 10.6. The van der Waals surface area contributed by atoms with E-state index in [0.717, 1.165) is 18.6 Å². The van der Waals surface area contributed by atoms with Gasteiger partial charge in [0, 0.05) is 36.9 Å². The first kappa shape index (κ1) is 23.5. The summed E-state index contributed by atoms with van der Waals surface area (Å²) in [5.74, 6) is -1.31. The number of hydrogen-bond acceptors (Lipinski definition) is 6. The lowest BCUT2D eigenvalue weighted by atomic mass is 10.2. The highest BCUT2D eigenvalue weighted by atomic mass is 32.2. The van der Waals surface area contributed by atoms with E-state index in [1.165, 1.54) is 39.3 Å². The molecule has 3 aromatic rings. The Morgan fingerprint density at radius 3 is 2.41 bits per heavy atom. The van der Waals surface area contributed by atoms with E-state index in [9.17, 15) is 27.7 Å². The SMILES string of the molecule is Cc1cc(NC(=O)c2ccc(F)c(S(=O)(=O)N3CCCCC3)c2)n(-c2ccc([N+](=O)[O-])cc2)n1. The van der Waals surface area contributed by atoms with Crippen molar-refractivity contribution in [1.82, 2.24) is 14.1 Å². The van der Waals surface area contributed by atoms with Crippen molar-refractivity contribution < 1.29 is 22.5 Å². The molecule has 1 N–H and O–H groups in total. The maximum atomic E-state index is 14.5. The number of nitrogens with one attached hydrogen (secondary N) is 1. The summed E-state index contributed by atoms with van der Waals surface area (Å²) in [4.78, 5) is 22.8. The molecule has 2 aromatic carbocycles. The fourth-order valence-corrected chi connectivity index (χ4v) is 5.38. The lowest BCUT2D eigenvalue weighted by Gasteiger charge is -2.26. The van der Waals surface area contributed by atoms with E-state index in [1.54, 1.807) is 13.0 Å². The number of aryl methyl sites for hydroxylation is 1. The molecular weight excluding hydrogens is 465 g/mol. The van der Waals surface area contributed by atoms with Crippen LogP contribution in [-0.4, -0.2) is 46.4 Å². The number of piperidine rings is 1. The van der Waals surface area contributed by atoms with E-state index in [2.05, 4.69) is 10.4 Å². The van der Waals surface area contributed by atoms with Crippen LogP contribution in [0.1, 0.15) is 35.3 Å². The number of nitrogens with zero attached hydrogens (tertiary/aromatic N) is 4. The van der Waals surface area contributed by atoms with Gasteiger partial charge in [-0.3, -0.25) is 14.9 Å². The molecule has 178 valence electrons. The fraction of sp³-hybridized carbons (Fsp3) is 0.273. The van der Waals surface area contributed by atoms with Crippen molar-refractivity contribution in [3.8, 4) is 5.69 Å². The molecule has 34 heavy (non-hydrogen) atoms. The first-order chi connectivity index (χ1) is 16.2. The Morgan fingerprint density at radius 2 is 1.76 bits per heavy atom. The summed E-state index contributed by atoms with van der Waals surface area (Å²) in [6, 6.07) is 10.4. The van der Waals surface area contributed by atoms with E-state index < -0.39 is 31.6 Å². The van der Waals surface area contributed by atoms with Gasteiger partial charge in [0.15, 0.2) is 0 Å². The highest BCUT2D eigenvalue weighted by Crippen LogP contribution is 2.25. The molecule has 1 aromatic heterocycles. The molecule has 0 unspecified atom stereocenters. The summed E-state index contributed by atoms with van der Waals surface area (Å²) in [5.41, 5.74) is 0.917. The Hall–Kier alpha value is -3.64. The van der Waals surface area contributed by atoms with Gasteiger partial charge in [0.25, 0.3) is 11.6 Å². The van der Waals surface area contributed by atoms with Gasteiger partial charge < -0.3 is 5.32 Å². The second kappa shape index (κ2) is 9.31. The second-order valence-electron chi connectivity index (χ2n) is 7.92. The Morgan fingerprint density at radius 1 is 1.09 bits per heavy atom. The zero-order valence-corrected chi connectivity index (χ0v) is 19.1. The zero-order valence-electron chi connectivity index (χ0n) is 18.3. The van der Waals surface area contributed by atoms with Crippen LogP contribution in [0.25, 0.3) is 5.69 Å². The normalized spacial score (nSPS) is 14.6. The topological polar surface area (TPSA) is 127 Å². The van der Waals surface area contributed by atoms with Crippen LogP contribution in [0, 0.1) is 22.9 Å². The van der Waals surface area contributed by atoms with Crippen molar-refractivity contribution in [3.63, 3.8) is 0 Å². The number of halogens is 1. The van der Waals surface area contributed by atoms with Crippen LogP contribution in [0.2, 0.25) is 0 Å². The number of non-ortho nitro benzene ring substituents is 1. The predicted molar refractivity (Wildman–Crippen MR) is 122 cm³/mol. The summed E-state index contributed by atoms with van der Waals surface area (Å²) in [5, 5.41) is 17.9. The molecule has 1 saturated heterocycles. The predicted octanol–water partition coefficient (Wildman–Crippen LogP) is 3.65. The van der Waals surface area contributed by atoms with Gasteiger partial charge >= 0.3 is 0 Å². The standard InChI is InChI=1S/C22H22FN5O5S/c1-15-13-21(27(25-15)17-6-8-18(9-7-17)28(30)31)24-22(29)16-5-10-19(23)20(14-16)34(32,33)26-11-3-2-4-12-26/h5-10,13-14H,2-4,11-12H2,1H3,(H,24,29). The monoisotopic (exact) mass is 487 g/mol. The van der Waals surface area contributed by atoms with Gasteiger partial charge in [0.05, 0.1) is 16.3 Å². The molecular formula is C22H22FN5O5S. The molecule has 1 amide bonds. The van der Waals surface area contributed by atoms with Crippen LogP contribution >= 0.6 is 0 Å². The van der Waals surface area contributed by atoms with Crippen LogP contribution in [0.5, 0.6) is 0 Å². The number of carbonyl (C=O) groups excluding carboxylic acids is 1. The molecule has 0 saturated carbocycles. The third-order valence-corrected chi connectivity index (χ3v) is 7.42. The maximum absolute atomic E-state index is 14.5. The third-order valence-electron chi connectivity index (χ3n) is 5.50. The average molecular weight is 488 g/mol. The fourth-order valence-electron chi connectivity index (χ4n) is 3.78. The lowest BCUT2D eigenvalue weighted by Crippen LogP contribution is -2.36. The largest absolute Gasteiger partial charge is 0.306 e. The molecule has 0 spiro atoms. The second-order valence-corrected chi connectivity index (χ2v) is 9.83. The summed E-state index contributed by atoms with van der Waals surface area (Å²) in [6.45, 7) is 2.33. The molecule has 0 aliphatic carbocycles. The highest BCUT2D eigenvalue weighted by molar-refractivity contribution is 7.89. The molecule has 2 heterocycles. The minimum absolute atomic E-state index is 0.0360. The summed E-state index contributed by atoms with van der Waals surface area (Å²) < 4.78 is 43.0. The zero-order chi connectivity index (χ0) is 24.5. The Labute approximate surface area is 195 Å². The van der Waals surface area contributed by atoms with Gasteiger partial charge in [-0.2, -0.15) is 9.40 Å². The van der Waals surface area contributed by atoms with Crippen molar-refractivity contribution in [2.24, 2.45) is 0 Å². The maximum Gasteiger partial charge on any atom is 0.269 e. The molecule has 0 radical (unpaired) electrons. The van der Waals surface area contributed by atoms with Crippen molar-refractivity contribution in [3.05, 3.63) is 75.7 Å². The van der Waals surface area contributed by atoms with E-state index >= 15 is 0 Å². The molecule has 4 rings (SSSR count). The lowest BCUT2D eigenvalue weighted by molar-refractivity contribution is -0.384. The number of rotatable bonds is 6. The number of sulfonamides is 1. The molecule has 0 atom stereocenters. The van der Waals surface area contributed by atoms with Gasteiger partial charge in [-0.05, 0) is 50.1 Å². The number of nitro benzene ring substituents is 1. The van der Waals surface area contributed by atoms with E-state index in [4.69, 9.17) is 0 Å². The quantitative estimate of drug-likeness (QED) is 0.418. The van der Waals surface area contributed by atoms with Crippen LogP contribution in [0.3, 0.4) is 0 Å². The number of anilines is 1. The molecule has 1 fully saturated rings. The third kappa shape index (κ3) is 4.68. The van der Waals surface area contributed by atoms with Gasteiger partial charge in [-0.25, -0.2) is 17.5 Å². The van der Waals surface area contributed by atoms with E-state index in [0.29, 0.717) is 37.3 Å². The number of nitro groups is 1. The van der Waals surface area contributed by atoms with Crippen molar-refractivity contribution in [2.45, 2.75) is 31.1 Å². The molecule has 12 heteroatoms. The summed E-state index contributed by atoms with van der Waals surface area (Å²) >= 11 is 0.